The van der Waals surface area contributed by atoms with E-state index in [2.05, 4.69) is 4.98 Å². The monoisotopic (exact) mass is 169 g/mol. The third-order valence-electron chi connectivity index (χ3n) is 1.52. The van der Waals surface area contributed by atoms with Crippen molar-refractivity contribution in [3.8, 4) is 6.07 Å². The highest BCUT2D eigenvalue weighted by Gasteiger charge is 2.06. The van der Waals surface area contributed by atoms with Gasteiger partial charge in [0.15, 0.2) is 5.69 Å². The first-order valence-corrected chi connectivity index (χ1v) is 3.87. The third-order valence-corrected chi connectivity index (χ3v) is 1.77. The average molecular weight is 170 g/mol. The van der Waals surface area contributed by atoms with Crippen molar-refractivity contribution in [1.82, 2.24) is 9.55 Å². The Labute approximate surface area is 70.2 Å². The summed E-state index contributed by atoms with van der Waals surface area (Å²) in [5, 5.41) is 8.57. The van der Waals surface area contributed by atoms with Gasteiger partial charge < -0.3 is 4.57 Å². The van der Waals surface area contributed by atoms with Gasteiger partial charge in [0.05, 0.1) is 17.9 Å². The van der Waals surface area contributed by atoms with E-state index in [1.807, 2.05) is 17.6 Å². The van der Waals surface area contributed by atoms with Crippen molar-refractivity contribution in [2.45, 2.75) is 19.3 Å². The molecule has 0 aromatic carbocycles. The number of aromatic nitrogens is 2. The first-order valence-electron chi connectivity index (χ1n) is 3.33. The molecule has 0 fully saturated rings. The number of nitrogens with zero attached hydrogens (tertiary/aromatic N) is 3. The Morgan fingerprint density at radius 3 is 3.00 bits per heavy atom. The molecule has 0 unspecified atom stereocenters. The van der Waals surface area contributed by atoms with Crippen LogP contribution in [0.25, 0.3) is 0 Å². The van der Waals surface area contributed by atoms with Crippen molar-refractivity contribution < 1.29 is 0 Å². The number of aryl methyl sites for hydroxylation is 1. The van der Waals surface area contributed by atoms with Gasteiger partial charge in [0.1, 0.15) is 6.07 Å². The zero-order valence-electron chi connectivity index (χ0n) is 6.21. The van der Waals surface area contributed by atoms with Gasteiger partial charge in [0.25, 0.3) is 0 Å². The second-order valence-electron chi connectivity index (χ2n) is 2.07. The lowest BCUT2D eigenvalue weighted by Crippen LogP contribution is -1.97. The summed E-state index contributed by atoms with van der Waals surface area (Å²) in [5.41, 5.74) is 1.23. The van der Waals surface area contributed by atoms with E-state index in [0.29, 0.717) is 11.6 Å². The number of rotatable bonds is 2. The number of alkyl halides is 1. The molecule has 58 valence electrons. The molecule has 0 bridgehead atoms. The summed E-state index contributed by atoms with van der Waals surface area (Å²) < 4.78 is 1.87. The molecule has 0 spiro atoms. The van der Waals surface area contributed by atoms with Crippen LogP contribution in [0.3, 0.4) is 0 Å². The first kappa shape index (κ1) is 8.09. The highest BCUT2D eigenvalue weighted by Crippen LogP contribution is 2.08. The average Bonchev–Trinajstić information content (AvgIpc) is 2.45. The highest BCUT2D eigenvalue weighted by molar-refractivity contribution is 6.17. The summed E-state index contributed by atoms with van der Waals surface area (Å²) >= 11 is 5.62. The molecular formula is C7H8ClN3. The molecule has 4 heteroatoms. The molecule has 11 heavy (non-hydrogen) atoms. The normalized spacial score (nSPS) is 9.55. The highest BCUT2D eigenvalue weighted by atomic mass is 35.5. The minimum atomic E-state index is 0.344. The topological polar surface area (TPSA) is 41.6 Å². The van der Waals surface area contributed by atoms with Crippen molar-refractivity contribution in [2.24, 2.45) is 0 Å². The predicted molar refractivity (Wildman–Crippen MR) is 42.2 cm³/mol. The van der Waals surface area contributed by atoms with Crippen LogP contribution in [-0.4, -0.2) is 9.55 Å². The lowest BCUT2D eigenvalue weighted by atomic mass is 10.4. The Morgan fingerprint density at radius 2 is 2.55 bits per heavy atom. The van der Waals surface area contributed by atoms with Crippen LogP contribution in [0.1, 0.15) is 18.3 Å². The minimum absolute atomic E-state index is 0.344. The van der Waals surface area contributed by atoms with Gasteiger partial charge >= 0.3 is 0 Å². The third kappa shape index (κ3) is 1.36. The smallest absolute Gasteiger partial charge is 0.162 e. The Bertz CT molecular complexity index is 284. The van der Waals surface area contributed by atoms with E-state index in [-0.39, 0.29) is 0 Å². The molecule has 0 saturated carbocycles. The van der Waals surface area contributed by atoms with Gasteiger partial charge in [-0.25, -0.2) is 4.98 Å². The van der Waals surface area contributed by atoms with Crippen LogP contribution in [0, 0.1) is 11.3 Å². The SMILES string of the molecule is CCn1cnc(C#N)c1CCl. The Hall–Kier alpha value is -1.01. The summed E-state index contributed by atoms with van der Waals surface area (Å²) in [5.74, 6) is 0.344. The fourth-order valence-corrected chi connectivity index (χ4v) is 1.19. The number of hydrogen-bond donors (Lipinski definition) is 0. The van der Waals surface area contributed by atoms with Crippen LogP contribution in [0.4, 0.5) is 0 Å². The maximum absolute atomic E-state index is 8.57. The zero-order valence-corrected chi connectivity index (χ0v) is 6.97. The summed E-state index contributed by atoms with van der Waals surface area (Å²) in [7, 11) is 0. The second-order valence-corrected chi connectivity index (χ2v) is 2.34. The predicted octanol–water partition coefficient (Wildman–Crippen LogP) is 1.51. The standard InChI is InChI=1S/C7H8ClN3/c1-2-11-5-10-6(4-9)7(11)3-8/h5H,2-3H2,1H3. The van der Waals surface area contributed by atoms with Gasteiger partial charge in [-0.15, -0.1) is 11.6 Å². The van der Waals surface area contributed by atoms with E-state index in [9.17, 15) is 0 Å². The van der Waals surface area contributed by atoms with Gasteiger partial charge in [-0.2, -0.15) is 5.26 Å². The fourth-order valence-electron chi connectivity index (χ4n) is 0.914. The Morgan fingerprint density at radius 1 is 1.82 bits per heavy atom. The summed E-state index contributed by atoms with van der Waals surface area (Å²) in [6.07, 6.45) is 1.64. The first-order chi connectivity index (χ1) is 5.33. The van der Waals surface area contributed by atoms with Gasteiger partial charge in [-0.1, -0.05) is 0 Å². The fraction of sp³-hybridized carbons (Fsp3) is 0.429. The molecule has 0 aliphatic heterocycles. The van der Waals surface area contributed by atoms with Crippen molar-refractivity contribution in [3.63, 3.8) is 0 Å². The zero-order chi connectivity index (χ0) is 8.27. The molecule has 0 aliphatic carbocycles. The molecule has 0 aliphatic rings. The van der Waals surface area contributed by atoms with Crippen LogP contribution in [-0.2, 0) is 12.4 Å². The van der Waals surface area contributed by atoms with Gasteiger partial charge in [-0.05, 0) is 6.92 Å². The van der Waals surface area contributed by atoms with Crippen LogP contribution < -0.4 is 0 Å². The van der Waals surface area contributed by atoms with Gasteiger partial charge in [0, 0.05) is 6.54 Å². The number of hydrogen-bond acceptors (Lipinski definition) is 2. The van der Waals surface area contributed by atoms with Crippen LogP contribution in [0.5, 0.6) is 0 Å². The van der Waals surface area contributed by atoms with Crippen molar-refractivity contribution in [1.29, 1.82) is 5.26 Å². The number of imidazole rings is 1. The van der Waals surface area contributed by atoms with E-state index in [4.69, 9.17) is 16.9 Å². The molecule has 0 atom stereocenters. The molecular weight excluding hydrogens is 162 g/mol. The Balaban J connectivity index is 3.12. The van der Waals surface area contributed by atoms with E-state index in [1.54, 1.807) is 6.33 Å². The molecule has 1 aromatic heterocycles. The van der Waals surface area contributed by atoms with Crippen LogP contribution >= 0.6 is 11.6 Å². The maximum Gasteiger partial charge on any atom is 0.162 e. The molecule has 0 saturated heterocycles. The van der Waals surface area contributed by atoms with Crippen molar-refractivity contribution in [2.75, 3.05) is 0 Å². The Kier molecular flexibility index (Phi) is 2.50. The number of halogens is 1. The van der Waals surface area contributed by atoms with Gasteiger partial charge in [-0.3, -0.25) is 0 Å². The summed E-state index contributed by atoms with van der Waals surface area (Å²) in [6.45, 7) is 2.79. The summed E-state index contributed by atoms with van der Waals surface area (Å²) in [4.78, 5) is 3.89. The van der Waals surface area contributed by atoms with Crippen LogP contribution in [0.15, 0.2) is 6.33 Å². The maximum atomic E-state index is 8.57. The minimum Gasteiger partial charge on any atom is -0.333 e. The van der Waals surface area contributed by atoms with Crippen LogP contribution in [0.2, 0.25) is 0 Å². The quantitative estimate of drug-likeness (QED) is 0.630. The second kappa shape index (κ2) is 3.40. The molecule has 0 N–H and O–H groups in total. The lowest BCUT2D eigenvalue weighted by Gasteiger charge is -1.99. The van der Waals surface area contributed by atoms with Crippen molar-refractivity contribution in [3.05, 3.63) is 17.7 Å². The molecule has 1 heterocycles. The molecule has 1 rings (SSSR count). The van der Waals surface area contributed by atoms with E-state index < -0.39 is 0 Å². The summed E-state index contributed by atoms with van der Waals surface area (Å²) in [6, 6.07) is 1.98. The van der Waals surface area contributed by atoms with Gasteiger partial charge in [0.2, 0.25) is 0 Å². The lowest BCUT2D eigenvalue weighted by molar-refractivity contribution is 0.732. The molecule has 3 nitrogen and oxygen atoms in total. The van der Waals surface area contributed by atoms with E-state index >= 15 is 0 Å². The van der Waals surface area contributed by atoms with E-state index in [0.717, 1.165) is 12.2 Å². The largest absolute Gasteiger partial charge is 0.333 e. The molecule has 0 radical (unpaired) electrons. The molecule has 1 aromatic rings. The van der Waals surface area contributed by atoms with Crippen molar-refractivity contribution >= 4 is 11.6 Å². The van der Waals surface area contributed by atoms with E-state index in [1.165, 1.54) is 0 Å². The molecule has 0 amide bonds. The number of nitriles is 1.